The molecule has 8 nitrogen and oxygen atoms in total. The number of rotatable bonds is 10. The van der Waals surface area contributed by atoms with Crippen LogP contribution in [0.2, 0.25) is 0 Å². The number of benzene rings is 3. The van der Waals surface area contributed by atoms with Crippen LogP contribution in [0, 0.1) is 6.92 Å². The Labute approximate surface area is 247 Å². The zero-order valence-corrected chi connectivity index (χ0v) is 25.0. The monoisotopic (exact) mass is 624 g/mol. The van der Waals surface area contributed by atoms with Crippen LogP contribution in [0.1, 0.15) is 23.6 Å². The van der Waals surface area contributed by atoms with Gasteiger partial charge in [0.05, 0.1) is 26.5 Å². The molecule has 1 fully saturated rings. The van der Waals surface area contributed by atoms with Gasteiger partial charge in [0.15, 0.2) is 16.6 Å². The number of esters is 1. The van der Waals surface area contributed by atoms with E-state index >= 15 is 0 Å². The average Bonchev–Trinajstić information content (AvgIpc) is 3.18. The van der Waals surface area contributed by atoms with Crippen LogP contribution < -0.4 is 19.1 Å². The molecule has 0 atom stereocenters. The van der Waals surface area contributed by atoms with Crippen molar-refractivity contribution in [1.29, 1.82) is 0 Å². The Morgan fingerprint density at radius 2 is 1.68 bits per heavy atom. The number of hydrogen-bond donors (Lipinski definition) is 0. The zero-order chi connectivity index (χ0) is 28.8. The van der Waals surface area contributed by atoms with Gasteiger partial charge in [-0.05, 0) is 79.7 Å². The number of methoxy groups -OCH3 is 2. The highest BCUT2D eigenvalue weighted by atomic mass is 79.9. The van der Waals surface area contributed by atoms with Crippen LogP contribution in [0.25, 0.3) is 6.08 Å². The molecule has 0 saturated carbocycles. The lowest BCUT2D eigenvalue weighted by Crippen LogP contribution is -2.35. The third-order valence-corrected chi connectivity index (χ3v) is 7.24. The second-order valence-corrected chi connectivity index (χ2v) is 10.1. The number of amides is 1. The zero-order valence-electron chi connectivity index (χ0n) is 22.6. The molecule has 0 aromatic heterocycles. The number of ether oxygens (including phenoxy) is 4. The standard InChI is InChI=1S/C30H29BrN2O6S/c1-5-38-26-15-21(24(31)16-27(26)39-18-20-8-6-19(2)7-9-20)14-25-29(35)33(22-10-12-23(36-3)13-11-22)30(40)32(25)17-28(34)37-4/h6-16H,5,17-18H2,1-4H3/b25-14-. The minimum atomic E-state index is -0.536. The van der Waals surface area contributed by atoms with Crippen LogP contribution in [-0.2, 0) is 20.9 Å². The molecule has 40 heavy (non-hydrogen) atoms. The summed E-state index contributed by atoms with van der Waals surface area (Å²) in [6.45, 7) is 4.47. The van der Waals surface area contributed by atoms with E-state index in [4.69, 9.17) is 31.2 Å². The van der Waals surface area contributed by atoms with Crippen molar-refractivity contribution in [3.05, 3.63) is 87.5 Å². The molecule has 3 aromatic rings. The van der Waals surface area contributed by atoms with Gasteiger partial charge in [-0.1, -0.05) is 45.8 Å². The molecule has 4 rings (SSSR count). The number of thiocarbonyl (C=S) groups is 1. The third kappa shape index (κ3) is 6.46. The maximum absolute atomic E-state index is 13.7. The Balaban J connectivity index is 1.70. The van der Waals surface area contributed by atoms with E-state index in [1.165, 1.54) is 22.5 Å². The molecule has 0 aliphatic carbocycles. The van der Waals surface area contributed by atoms with Crippen LogP contribution in [0.15, 0.2) is 70.8 Å². The van der Waals surface area contributed by atoms with E-state index in [-0.39, 0.29) is 23.3 Å². The molecule has 10 heteroatoms. The minimum Gasteiger partial charge on any atom is -0.497 e. The van der Waals surface area contributed by atoms with Crippen molar-refractivity contribution in [2.45, 2.75) is 20.5 Å². The first kappa shape index (κ1) is 29.1. The highest BCUT2D eigenvalue weighted by Crippen LogP contribution is 2.37. The summed E-state index contributed by atoms with van der Waals surface area (Å²) in [5.41, 5.74) is 3.60. The van der Waals surface area contributed by atoms with E-state index < -0.39 is 5.97 Å². The molecule has 1 aliphatic rings. The van der Waals surface area contributed by atoms with Crippen molar-refractivity contribution in [2.24, 2.45) is 0 Å². The largest absolute Gasteiger partial charge is 0.497 e. The van der Waals surface area contributed by atoms with E-state index in [1.807, 2.05) is 38.1 Å². The van der Waals surface area contributed by atoms with Gasteiger partial charge in [-0.15, -0.1) is 0 Å². The van der Waals surface area contributed by atoms with Gasteiger partial charge >= 0.3 is 5.97 Å². The van der Waals surface area contributed by atoms with Crippen LogP contribution in [0.3, 0.4) is 0 Å². The maximum Gasteiger partial charge on any atom is 0.325 e. The first-order chi connectivity index (χ1) is 19.2. The van der Waals surface area contributed by atoms with E-state index in [0.29, 0.717) is 46.2 Å². The van der Waals surface area contributed by atoms with Crippen molar-refractivity contribution in [2.75, 3.05) is 32.3 Å². The number of halogens is 1. The predicted molar refractivity (Wildman–Crippen MR) is 161 cm³/mol. The molecule has 0 bridgehead atoms. The molecule has 0 unspecified atom stereocenters. The second-order valence-electron chi connectivity index (χ2n) is 8.84. The summed E-state index contributed by atoms with van der Waals surface area (Å²) < 4.78 is 22.7. The first-order valence-corrected chi connectivity index (χ1v) is 13.7. The summed E-state index contributed by atoms with van der Waals surface area (Å²) >= 11 is 9.26. The minimum absolute atomic E-state index is 0.158. The lowest BCUT2D eigenvalue weighted by Gasteiger charge is -2.19. The van der Waals surface area contributed by atoms with Crippen LogP contribution in [-0.4, -0.2) is 49.3 Å². The summed E-state index contributed by atoms with van der Waals surface area (Å²) in [6, 6.07) is 18.6. The Kier molecular flexibility index (Phi) is 9.44. The fraction of sp³-hybridized carbons (Fsp3) is 0.233. The fourth-order valence-corrected chi connectivity index (χ4v) is 4.81. The van der Waals surface area contributed by atoms with Crippen LogP contribution in [0.4, 0.5) is 5.69 Å². The smallest absolute Gasteiger partial charge is 0.325 e. The van der Waals surface area contributed by atoms with Crippen molar-refractivity contribution in [1.82, 2.24) is 4.90 Å². The summed E-state index contributed by atoms with van der Waals surface area (Å²) in [5.74, 6) is 0.788. The molecular formula is C30H29BrN2O6S. The highest BCUT2D eigenvalue weighted by Gasteiger charge is 2.40. The molecule has 1 amide bonds. The number of carbonyl (C=O) groups is 2. The van der Waals surface area contributed by atoms with Crippen LogP contribution >= 0.6 is 28.1 Å². The second kappa shape index (κ2) is 13.0. The molecule has 208 valence electrons. The molecule has 1 heterocycles. The first-order valence-electron chi connectivity index (χ1n) is 12.5. The van der Waals surface area contributed by atoms with Gasteiger partial charge in [0.1, 0.15) is 24.6 Å². The van der Waals surface area contributed by atoms with Gasteiger partial charge in [0, 0.05) is 4.47 Å². The van der Waals surface area contributed by atoms with Gasteiger partial charge in [-0.25, -0.2) is 0 Å². The molecule has 1 saturated heterocycles. The van der Waals surface area contributed by atoms with Gasteiger partial charge in [0.25, 0.3) is 5.91 Å². The van der Waals surface area contributed by atoms with Crippen molar-refractivity contribution < 1.29 is 28.5 Å². The quantitative estimate of drug-likeness (QED) is 0.157. The lowest BCUT2D eigenvalue weighted by molar-refractivity contribution is -0.140. The van der Waals surface area contributed by atoms with E-state index in [9.17, 15) is 9.59 Å². The van der Waals surface area contributed by atoms with Gasteiger partial charge in [0.2, 0.25) is 0 Å². The Morgan fingerprint density at radius 1 is 1.00 bits per heavy atom. The Hall–Kier alpha value is -3.89. The Morgan fingerprint density at radius 3 is 2.30 bits per heavy atom. The van der Waals surface area contributed by atoms with E-state index in [0.717, 1.165) is 5.56 Å². The van der Waals surface area contributed by atoms with Crippen molar-refractivity contribution in [3.63, 3.8) is 0 Å². The lowest BCUT2D eigenvalue weighted by atomic mass is 10.1. The number of hydrogen-bond acceptors (Lipinski definition) is 7. The predicted octanol–water partition coefficient (Wildman–Crippen LogP) is 5.89. The topological polar surface area (TPSA) is 77.5 Å². The Bertz CT molecular complexity index is 1440. The number of anilines is 1. The highest BCUT2D eigenvalue weighted by molar-refractivity contribution is 9.10. The van der Waals surface area contributed by atoms with Gasteiger partial charge in [-0.2, -0.15) is 0 Å². The molecular weight excluding hydrogens is 596 g/mol. The number of aryl methyl sites for hydroxylation is 1. The molecule has 0 spiro atoms. The van der Waals surface area contributed by atoms with E-state index in [1.54, 1.807) is 49.6 Å². The molecule has 0 radical (unpaired) electrons. The van der Waals surface area contributed by atoms with E-state index in [2.05, 4.69) is 15.9 Å². The fourth-order valence-electron chi connectivity index (χ4n) is 4.02. The number of carbonyl (C=O) groups excluding carboxylic acids is 2. The van der Waals surface area contributed by atoms with Crippen LogP contribution in [0.5, 0.6) is 17.2 Å². The van der Waals surface area contributed by atoms with Crippen molar-refractivity contribution in [3.8, 4) is 17.2 Å². The average molecular weight is 626 g/mol. The SMILES string of the molecule is CCOc1cc(/C=C2/C(=O)N(c3ccc(OC)cc3)C(=S)N2CC(=O)OC)c(Br)cc1OCc1ccc(C)cc1. The molecule has 1 aliphatic heterocycles. The normalized spacial score (nSPS) is 14.1. The maximum atomic E-state index is 13.7. The summed E-state index contributed by atoms with van der Waals surface area (Å²) in [5, 5.41) is 0.158. The number of nitrogens with zero attached hydrogens (tertiary/aromatic N) is 2. The molecule has 3 aromatic carbocycles. The van der Waals surface area contributed by atoms with Gasteiger partial charge < -0.3 is 23.8 Å². The summed E-state index contributed by atoms with van der Waals surface area (Å²) in [7, 11) is 2.85. The van der Waals surface area contributed by atoms with Gasteiger partial charge in [-0.3, -0.25) is 14.5 Å². The summed E-state index contributed by atoms with van der Waals surface area (Å²) in [6.07, 6.45) is 1.66. The van der Waals surface area contributed by atoms with Crippen molar-refractivity contribution >= 4 is 56.9 Å². The molecule has 0 N–H and O–H groups in total. The summed E-state index contributed by atoms with van der Waals surface area (Å²) in [4.78, 5) is 28.8. The third-order valence-electron chi connectivity index (χ3n) is 6.15.